The van der Waals surface area contributed by atoms with Crippen LogP contribution >= 0.6 is 0 Å². The molecule has 0 spiro atoms. The van der Waals surface area contributed by atoms with E-state index in [0.29, 0.717) is 23.8 Å². The van der Waals surface area contributed by atoms with Crippen molar-refractivity contribution in [3.63, 3.8) is 0 Å². The predicted molar refractivity (Wildman–Crippen MR) is 149 cm³/mol. The molecule has 3 N–H and O–H groups in total. The molecule has 0 radical (unpaired) electrons. The highest BCUT2D eigenvalue weighted by molar-refractivity contribution is 6.09. The summed E-state index contributed by atoms with van der Waals surface area (Å²) in [6.45, 7) is 2.19. The molecule has 1 saturated heterocycles. The Balaban J connectivity index is 1.48. The predicted octanol–water partition coefficient (Wildman–Crippen LogP) is 6.35. The highest BCUT2D eigenvalue weighted by Crippen LogP contribution is 2.32. The maximum absolute atomic E-state index is 13.7. The molecule has 1 heterocycles. The first-order valence-electron chi connectivity index (χ1n) is 12.8. The lowest BCUT2D eigenvalue weighted by atomic mass is 9.89. The summed E-state index contributed by atoms with van der Waals surface area (Å²) in [5.41, 5.74) is 4.47. The molecule has 1 aliphatic heterocycles. The lowest BCUT2D eigenvalue weighted by molar-refractivity contribution is 0.0698. The van der Waals surface area contributed by atoms with Gasteiger partial charge < -0.3 is 20.5 Å². The van der Waals surface area contributed by atoms with E-state index in [0.717, 1.165) is 48.2 Å². The fourth-order valence-electron chi connectivity index (χ4n) is 4.83. The molecule has 6 nitrogen and oxygen atoms in total. The maximum Gasteiger partial charge on any atom is 0.337 e. The summed E-state index contributed by atoms with van der Waals surface area (Å²) in [4.78, 5) is 25.7. The number of amides is 1. The Labute approximate surface area is 222 Å². The van der Waals surface area contributed by atoms with Gasteiger partial charge in [-0.1, -0.05) is 72.8 Å². The van der Waals surface area contributed by atoms with Crippen LogP contribution in [0.5, 0.6) is 5.75 Å². The minimum absolute atomic E-state index is 0.0271. The minimum atomic E-state index is -1.11. The Hall–Kier alpha value is -4.42. The van der Waals surface area contributed by atoms with Crippen molar-refractivity contribution in [2.45, 2.75) is 25.4 Å². The molecule has 0 atom stereocenters. The van der Waals surface area contributed by atoms with E-state index >= 15 is 0 Å². The van der Waals surface area contributed by atoms with Gasteiger partial charge in [0.2, 0.25) is 0 Å². The van der Waals surface area contributed by atoms with E-state index in [1.807, 2.05) is 78.9 Å². The molecule has 6 heteroatoms. The van der Waals surface area contributed by atoms with Gasteiger partial charge in [0, 0.05) is 0 Å². The van der Waals surface area contributed by atoms with Crippen molar-refractivity contribution in [1.82, 2.24) is 5.32 Å². The average molecular weight is 507 g/mol. The zero-order valence-corrected chi connectivity index (χ0v) is 21.0. The minimum Gasteiger partial charge on any atom is -0.488 e. The molecular formula is C32H30N2O4. The van der Waals surface area contributed by atoms with Crippen molar-refractivity contribution in [3.05, 3.63) is 119 Å². The second-order valence-electron chi connectivity index (χ2n) is 9.44. The van der Waals surface area contributed by atoms with Gasteiger partial charge in [-0.3, -0.25) is 4.79 Å². The molecular weight excluding hydrogens is 476 g/mol. The van der Waals surface area contributed by atoms with Gasteiger partial charge in [0.25, 0.3) is 5.91 Å². The van der Waals surface area contributed by atoms with Crippen molar-refractivity contribution in [2.24, 2.45) is 0 Å². The van der Waals surface area contributed by atoms with Crippen molar-refractivity contribution in [3.8, 4) is 16.9 Å². The summed E-state index contributed by atoms with van der Waals surface area (Å²) in [5, 5.41) is 16.1. The van der Waals surface area contributed by atoms with Crippen LogP contribution in [0.1, 0.15) is 50.6 Å². The average Bonchev–Trinajstić information content (AvgIpc) is 2.97. The van der Waals surface area contributed by atoms with Crippen LogP contribution in [-0.4, -0.2) is 30.1 Å². The molecule has 0 saturated carbocycles. The standard InChI is InChI=1S/C32H30N2O4/c35-31(34-29-20-26(11-13-27(29)32(36)37)23-9-5-2-6-10-23)28-19-25(24-15-17-33-18-16-24)12-14-30(28)38-21-22-7-3-1-4-8-22/h1-14,19-20,24,33H,15-18,21H2,(H,34,35)(H,36,37). The summed E-state index contributed by atoms with van der Waals surface area (Å²) in [6.07, 6.45) is 1.99. The summed E-state index contributed by atoms with van der Waals surface area (Å²) in [7, 11) is 0. The number of carbonyl (C=O) groups excluding carboxylic acids is 1. The topological polar surface area (TPSA) is 87.7 Å². The Kier molecular flexibility index (Phi) is 7.81. The van der Waals surface area contributed by atoms with E-state index < -0.39 is 11.9 Å². The lowest BCUT2D eigenvalue weighted by Crippen LogP contribution is -2.26. The van der Waals surface area contributed by atoms with Crippen molar-refractivity contribution < 1.29 is 19.4 Å². The number of ether oxygens (including phenoxy) is 1. The van der Waals surface area contributed by atoms with E-state index in [2.05, 4.69) is 10.6 Å². The molecule has 1 aliphatic rings. The summed E-state index contributed by atoms with van der Waals surface area (Å²) in [5.74, 6) is -0.706. The smallest absolute Gasteiger partial charge is 0.337 e. The number of benzene rings is 4. The van der Waals surface area contributed by atoms with Gasteiger partial charge in [-0.25, -0.2) is 4.79 Å². The molecule has 1 amide bonds. The highest BCUT2D eigenvalue weighted by Gasteiger charge is 2.22. The van der Waals surface area contributed by atoms with Gasteiger partial charge in [0.05, 0.1) is 16.8 Å². The normalized spacial score (nSPS) is 13.6. The van der Waals surface area contributed by atoms with Gasteiger partial charge in [0.1, 0.15) is 12.4 Å². The second kappa shape index (κ2) is 11.8. The number of aromatic carboxylic acids is 1. The SMILES string of the molecule is O=C(O)c1ccc(-c2ccccc2)cc1NC(=O)c1cc(C2CCNCC2)ccc1OCc1ccccc1. The molecule has 0 aliphatic carbocycles. The van der Waals surface area contributed by atoms with Crippen LogP contribution in [0.15, 0.2) is 97.1 Å². The van der Waals surface area contributed by atoms with Gasteiger partial charge in [-0.2, -0.15) is 0 Å². The first-order chi connectivity index (χ1) is 18.6. The van der Waals surface area contributed by atoms with Gasteiger partial charge in [-0.15, -0.1) is 0 Å². The van der Waals surface area contributed by atoms with Gasteiger partial charge in [-0.05, 0) is 78.4 Å². The van der Waals surface area contributed by atoms with Crippen LogP contribution < -0.4 is 15.4 Å². The number of carboxylic acid groups (broad SMARTS) is 1. The summed E-state index contributed by atoms with van der Waals surface area (Å²) < 4.78 is 6.11. The number of carbonyl (C=O) groups is 2. The van der Waals surface area contributed by atoms with Crippen molar-refractivity contribution >= 4 is 17.6 Å². The van der Waals surface area contributed by atoms with Crippen LogP contribution in [0.3, 0.4) is 0 Å². The molecule has 38 heavy (non-hydrogen) atoms. The molecule has 192 valence electrons. The number of nitrogens with one attached hydrogen (secondary N) is 2. The number of hydrogen-bond donors (Lipinski definition) is 3. The zero-order valence-electron chi connectivity index (χ0n) is 21.0. The fraction of sp³-hybridized carbons (Fsp3) is 0.188. The Morgan fingerprint density at radius 3 is 2.24 bits per heavy atom. The Bertz CT molecular complexity index is 1410. The van der Waals surface area contributed by atoms with Crippen LogP contribution in [-0.2, 0) is 6.61 Å². The second-order valence-corrected chi connectivity index (χ2v) is 9.44. The van der Waals surface area contributed by atoms with Gasteiger partial charge >= 0.3 is 5.97 Å². The lowest BCUT2D eigenvalue weighted by Gasteiger charge is -2.24. The number of anilines is 1. The number of piperidine rings is 1. The summed E-state index contributed by atoms with van der Waals surface area (Å²) >= 11 is 0. The fourth-order valence-corrected chi connectivity index (χ4v) is 4.83. The quantitative estimate of drug-likeness (QED) is 0.259. The van der Waals surface area contributed by atoms with Crippen LogP contribution in [0.2, 0.25) is 0 Å². The molecule has 5 rings (SSSR count). The largest absolute Gasteiger partial charge is 0.488 e. The van der Waals surface area contributed by atoms with E-state index in [4.69, 9.17) is 4.74 Å². The first-order valence-corrected chi connectivity index (χ1v) is 12.8. The molecule has 0 aromatic heterocycles. The van der Waals surface area contributed by atoms with E-state index in [9.17, 15) is 14.7 Å². The Morgan fingerprint density at radius 1 is 0.816 bits per heavy atom. The highest BCUT2D eigenvalue weighted by atomic mass is 16.5. The maximum atomic E-state index is 13.7. The first kappa shape index (κ1) is 25.2. The number of hydrogen-bond acceptors (Lipinski definition) is 4. The van der Waals surface area contributed by atoms with Crippen LogP contribution in [0.25, 0.3) is 11.1 Å². The zero-order chi connectivity index (χ0) is 26.3. The van der Waals surface area contributed by atoms with Crippen LogP contribution in [0.4, 0.5) is 5.69 Å². The van der Waals surface area contributed by atoms with Crippen molar-refractivity contribution in [1.29, 1.82) is 0 Å². The molecule has 4 aromatic carbocycles. The molecule has 0 unspecified atom stereocenters. The van der Waals surface area contributed by atoms with E-state index in [1.165, 1.54) is 6.07 Å². The number of rotatable bonds is 8. The summed E-state index contributed by atoms with van der Waals surface area (Å²) in [6, 6.07) is 30.2. The van der Waals surface area contributed by atoms with Crippen LogP contribution in [0, 0.1) is 0 Å². The monoisotopic (exact) mass is 506 g/mol. The van der Waals surface area contributed by atoms with E-state index in [1.54, 1.807) is 12.1 Å². The molecule has 1 fully saturated rings. The van der Waals surface area contributed by atoms with Gasteiger partial charge in [0.15, 0.2) is 0 Å². The third-order valence-electron chi connectivity index (χ3n) is 6.90. The molecule has 0 bridgehead atoms. The van der Waals surface area contributed by atoms with Crippen molar-refractivity contribution in [2.75, 3.05) is 18.4 Å². The molecule has 4 aromatic rings. The third-order valence-corrected chi connectivity index (χ3v) is 6.90. The Morgan fingerprint density at radius 2 is 1.53 bits per heavy atom. The number of carboxylic acids is 1. The third kappa shape index (κ3) is 5.93. The van der Waals surface area contributed by atoms with E-state index in [-0.39, 0.29) is 11.3 Å².